The SMILES string of the molecule is COc1cc2c(cc1O)[C@@H]1Cc3occc3CN1CC2. The average Bonchev–Trinajstić information content (AvgIpc) is 2.91. The lowest BCUT2D eigenvalue weighted by Crippen LogP contribution is -2.38. The normalized spacial score (nSPS) is 20.9. The minimum absolute atomic E-state index is 0.221. The lowest BCUT2D eigenvalue weighted by Gasteiger charge is -2.40. The summed E-state index contributed by atoms with van der Waals surface area (Å²) in [5, 5.41) is 10.0. The highest BCUT2D eigenvalue weighted by atomic mass is 16.5. The molecule has 104 valence electrons. The zero-order valence-corrected chi connectivity index (χ0v) is 11.4. The van der Waals surface area contributed by atoms with Gasteiger partial charge < -0.3 is 14.3 Å². The van der Waals surface area contributed by atoms with Gasteiger partial charge in [0.05, 0.1) is 13.4 Å². The molecule has 4 rings (SSSR count). The van der Waals surface area contributed by atoms with Gasteiger partial charge in [-0.1, -0.05) is 0 Å². The minimum Gasteiger partial charge on any atom is -0.504 e. The molecular weight excluding hydrogens is 254 g/mol. The minimum atomic E-state index is 0.221. The van der Waals surface area contributed by atoms with Crippen molar-refractivity contribution < 1.29 is 14.3 Å². The number of rotatable bonds is 1. The van der Waals surface area contributed by atoms with Crippen LogP contribution < -0.4 is 4.74 Å². The summed E-state index contributed by atoms with van der Waals surface area (Å²) in [6.07, 6.45) is 3.65. The lowest BCUT2D eigenvalue weighted by molar-refractivity contribution is 0.151. The quantitative estimate of drug-likeness (QED) is 0.866. The average molecular weight is 271 g/mol. The van der Waals surface area contributed by atoms with Crippen molar-refractivity contribution in [3.8, 4) is 11.5 Å². The van der Waals surface area contributed by atoms with E-state index in [2.05, 4.69) is 11.0 Å². The molecule has 2 aromatic rings. The number of aromatic hydroxyl groups is 1. The number of methoxy groups -OCH3 is 1. The molecule has 0 spiro atoms. The first-order valence-electron chi connectivity index (χ1n) is 6.95. The molecule has 1 N–H and O–H groups in total. The third-order valence-electron chi connectivity index (χ3n) is 4.50. The Morgan fingerprint density at radius 1 is 1.35 bits per heavy atom. The molecule has 0 bridgehead atoms. The van der Waals surface area contributed by atoms with E-state index in [0.717, 1.165) is 31.7 Å². The van der Waals surface area contributed by atoms with Gasteiger partial charge in [0.2, 0.25) is 0 Å². The summed E-state index contributed by atoms with van der Waals surface area (Å²) in [4.78, 5) is 2.46. The number of fused-ring (bicyclic) bond motifs is 4. The highest BCUT2D eigenvalue weighted by molar-refractivity contribution is 5.49. The van der Waals surface area contributed by atoms with E-state index in [4.69, 9.17) is 9.15 Å². The van der Waals surface area contributed by atoms with E-state index in [0.29, 0.717) is 11.8 Å². The Morgan fingerprint density at radius 3 is 3.10 bits per heavy atom. The Bertz CT molecular complexity index is 662. The molecule has 0 fully saturated rings. The van der Waals surface area contributed by atoms with Crippen molar-refractivity contribution in [3.63, 3.8) is 0 Å². The second-order valence-electron chi connectivity index (χ2n) is 5.53. The first kappa shape index (κ1) is 11.9. The number of phenolic OH excluding ortho intramolecular Hbond substituents is 1. The molecular formula is C16H17NO3. The first-order chi connectivity index (χ1) is 9.76. The topological polar surface area (TPSA) is 45.8 Å². The van der Waals surface area contributed by atoms with E-state index >= 15 is 0 Å². The van der Waals surface area contributed by atoms with E-state index in [-0.39, 0.29) is 5.75 Å². The second-order valence-corrected chi connectivity index (χ2v) is 5.53. The molecule has 0 radical (unpaired) electrons. The van der Waals surface area contributed by atoms with Crippen molar-refractivity contribution in [2.45, 2.75) is 25.4 Å². The van der Waals surface area contributed by atoms with Crippen LogP contribution in [0.5, 0.6) is 11.5 Å². The second kappa shape index (κ2) is 4.28. The molecule has 20 heavy (non-hydrogen) atoms. The van der Waals surface area contributed by atoms with Crippen molar-refractivity contribution in [2.75, 3.05) is 13.7 Å². The van der Waals surface area contributed by atoms with Crippen LogP contribution in [-0.4, -0.2) is 23.7 Å². The third-order valence-corrected chi connectivity index (χ3v) is 4.50. The molecule has 2 aliphatic rings. The Hall–Kier alpha value is -1.94. The van der Waals surface area contributed by atoms with Crippen molar-refractivity contribution >= 4 is 0 Å². The maximum atomic E-state index is 10.0. The molecule has 3 heterocycles. The number of furan rings is 1. The summed E-state index contributed by atoms with van der Waals surface area (Å²) in [6.45, 7) is 1.97. The van der Waals surface area contributed by atoms with Crippen molar-refractivity contribution in [1.82, 2.24) is 4.90 Å². The summed E-state index contributed by atoms with van der Waals surface area (Å²) in [7, 11) is 1.59. The Labute approximate surface area is 117 Å². The Kier molecular flexibility index (Phi) is 2.54. The van der Waals surface area contributed by atoms with E-state index in [1.165, 1.54) is 16.7 Å². The van der Waals surface area contributed by atoms with Crippen LogP contribution in [0.3, 0.4) is 0 Å². The van der Waals surface area contributed by atoms with Crippen LogP contribution in [-0.2, 0) is 19.4 Å². The van der Waals surface area contributed by atoms with Crippen molar-refractivity contribution in [3.05, 3.63) is 46.9 Å². The fraction of sp³-hybridized carbons (Fsp3) is 0.375. The van der Waals surface area contributed by atoms with Crippen LogP contribution in [0.15, 0.2) is 28.9 Å². The third kappa shape index (κ3) is 1.64. The van der Waals surface area contributed by atoms with E-state index in [1.807, 2.05) is 12.1 Å². The van der Waals surface area contributed by atoms with Gasteiger partial charge in [-0.3, -0.25) is 4.90 Å². The molecule has 0 saturated heterocycles. The van der Waals surface area contributed by atoms with E-state index in [1.54, 1.807) is 13.4 Å². The first-order valence-corrected chi connectivity index (χ1v) is 6.95. The summed E-state index contributed by atoms with van der Waals surface area (Å²) in [5.41, 5.74) is 3.77. The van der Waals surface area contributed by atoms with Crippen LogP contribution >= 0.6 is 0 Å². The van der Waals surface area contributed by atoms with Gasteiger partial charge in [0, 0.05) is 31.1 Å². The molecule has 1 aromatic heterocycles. The predicted octanol–water partition coefficient (Wildman–Crippen LogP) is 2.65. The molecule has 1 atom stereocenters. The zero-order valence-electron chi connectivity index (χ0n) is 11.4. The van der Waals surface area contributed by atoms with Gasteiger partial charge >= 0.3 is 0 Å². The van der Waals surface area contributed by atoms with E-state index < -0.39 is 0 Å². The summed E-state index contributed by atoms with van der Waals surface area (Å²) >= 11 is 0. The summed E-state index contributed by atoms with van der Waals surface area (Å²) < 4.78 is 10.8. The van der Waals surface area contributed by atoms with Crippen LogP contribution in [0.1, 0.15) is 28.5 Å². The maximum Gasteiger partial charge on any atom is 0.160 e. The largest absolute Gasteiger partial charge is 0.504 e. The number of ether oxygens (including phenoxy) is 1. The molecule has 0 unspecified atom stereocenters. The molecule has 1 aromatic carbocycles. The summed E-state index contributed by atoms with van der Waals surface area (Å²) in [5.74, 6) is 1.86. The monoisotopic (exact) mass is 271 g/mol. The van der Waals surface area contributed by atoms with Crippen molar-refractivity contribution in [2.24, 2.45) is 0 Å². The smallest absolute Gasteiger partial charge is 0.160 e. The Morgan fingerprint density at radius 2 is 2.25 bits per heavy atom. The molecule has 4 heteroatoms. The number of hydrogen-bond donors (Lipinski definition) is 1. The lowest BCUT2D eigenvalue weighted by atomic mass is 9.86. The van der Waals surface area contributed by atoms with Gasteiger partial charge in [-0.15, -0.1) is 0 Å². The number of hydrogen-bond acceptors (Lipinski definition) is 4. The van der Waals surface area contributed by atoms with Gasteiger partial charge in [-0.05, 0) is 35.7 Å². The van der Waals surface area contributed by atoms with Gasteiger partial charge in [-0.25, -0.2) is 0 Å². The number of nitrogens with zero attached hydrogens (tertiary/aromatic N) is 1. The number of phenols is 1. The maximum absolute atomic E-state index is 10.0. The van der Waals surface area contributed by atoms with E-state index in [9.17, 15) is 5.11 Å². The highest BCUT2D eigenvalue weighted by Gasteiger charge is 2.34. The fourth-order valence-corrected chi connectivity index (χ4v) is 3.44. The predicted molar refractivity (Wildman–Crippen MR) is 73.9 cm³/mol. The fourth-order valence-electron chi connectivity index (χ4n) is 3.44. The van der Waals surface area contributed by atoms with Crippen LogP contribution in [0.4, 0.5) is 0 Å². The molecule has 0 aliphatic carbocycles. The van der Waals surface area contributed by atoms with Gasteiger partial charge in [0.15, 0.2) is 11.5 Å². The Balaban J connectivity index is 1.78. The van der Waals surface area contributed by atoms with Crippen LogP contribution in [0.25, 0.3) is 0 Å². The standard InChI is InChI=1S/C16H17NO3/c1-19-16-6-10-2-4-17-9-11-3-5-20-15(11)8-13(17)12(10)7-14(16)18/h3,5-7,13,18H,2,4,8-9H2,1H3/t13-/m0/s1. The van der Waals surface area contributed by atoms with Crippen LogP contribution in [0, 0.1) is 0 Å². The number of benzene rings is 1. The van der Waals surface area contributed by atoms with Crippen LogP contribution in [0.2, 0.25) is 0 Å². The molecule has 2 aliphatic heterocycles. The van der Waals surface area contributed by atoms with Gasteiger partial charge in [0.1, 0.15) is 5.76 Å². The zero-order chi connectivity index (χ0) is 13.7. The van der Waals surface area contributed by atoms with Gasteiger partial charge in [0.25, 0.3) is 0 Å². The molecule has 0 amide bonds. The van der Waals surface area contributed by atoms with Gasteiger partial charge in [-0.2, -0.15) is 0 Å². The molecule has 0 saturated carbocycles. The molecule has 4 nitrogen and oxygen atoms in total. The van der Waals surface area contributed by atoms with Crippen molar-refractivity contribution in [1.29, 1.82) is 0 Å². The summed E-state index contributed by atoms with van der Waals surface area (Å²) in [6, 6.07) is 6.19. The highest BCUT2D eigenvalue weighted by Crippen LogP contribution is 2.42.